The molecule has 0 aliphatic heterocycles. The van der Waals surface area contributed by atoms with Gasteiger partial charge in [0.2, 0.25) is 0 Å². The Kier molecular flexibility index (Phi) is 5.60. The minimum Gasteiger partial charge on any atom is -0.171 e. The van der Waals surface area contributed by atoms with Gasteiger partial charge in [0.25, 0.3) is 0 Å². The summed E-state index contributed by atoms with van der Waals surface area (Å²) < 4.78 is 39.5. The van der Waals surface area contributed by atoms with Crippen LogP contribution in [0.25, 0.3) is 0 Å². The fourth-order valence-corrected chi connectivity index (χ4v) is 5.77. The van der Waals surface area contributed by atoms with Crippen molar-refractivity contribution in [2.75, 3.05) is 0 Å². The van der Waals surface area contributed by atoms with Gasteiger partial charge in [-0.2, -0.15) is 24.9 Å². The standard InChI is InChI=1S/C17H29F3S/c1-16(2,3)12-8-10-13(11-9-12)21-15-7-5-4-6-14(15)17(18,19)20/h12-15H,4-11H2,1-3H3. The Balaban J connectivity index is 1.87. The Morgan fingerprint density at radius 3 is 1.90 bits per heavy atom. The second kappa shape index (κ2) is 6.72. The van der Waals surface area contributed by atoms with Crippen molar-refractivity contribution in [3.8, 4) is 0 Å². The quantitative estimate of drug-likeness (QED) is 0.563. The number of hydrogen-bond donors (Lipinski definition) is 0. The topological polar surface area (TPSA) is 0 Å². The minimum absolute atomic E-state index is 0.185. The van der Waals surface area contributed by atoms with Crippen molar-refractivity contribution in [2.24, 2.45) is 17.3 Å². The molecule has 0 radical (unpaired) electrons. The molecule has 0 N–H and O–H groups in total. The third-order valence-electron chi connectivity index (χ3n) is 5.39. The molecule has 124 valence electrons. The fraction of sp³-hybridized carbons (Fsp3) is 1.00. The third kappa shape index (κ3) is 4.80. The Morgan fingerprint density at radius 1 is 0.810 bits per heavy atom. The van der Waals surface area contributed by atoms with Crippen molar-refractivity contribution >= 4 is 11.8 Å². The van der Waals surface area contributed by atoms with Crippen LogP contribution in [-0.2, 0) is 0 Å². The van der Waals surface area contributed by atoms with E-state index in [2.05, 4.69) is 20.8 Å². The van der Waals surface area contributed by atoms with Crippen LogP contribution in [0.1, 0.15) is 72.1 Å². The Labute approximate surface area is 131 Å². The van der Waals surface area contributed by atoms with Gasteiger partial charge in [-0.05, 0) is 49.9 Å². The lowest BCUT2D eigenvalue weighted by molar-refractivity contribution is -0.179. The second-order valence-electron chi connectivity index (χ2n) is 7.95. The van der Waals surface area contributed by atoms with Gasteiger partial charge in [0, 0.05) is 10.5 Å². The molecule has 2 fully saturated rings. The van der Waals surface area contributed by atoms with Crippen molar-refractivity contribution in [3.05, 3.63) is 0 Å². The first-order chi connectivity index (χ1) is 9.68. The maximum Gasteiger partial charge on any atom is 0.392 e. The lowest BCUT2D eigenvalue weighted by atomic mass is 9.72. The van der Waals surface area contributed by atoms with E-state index in [9.17, 15) is 13.2 Å². The molecular weight excluding hydrogens is 293 g/mol. The van der Waals surface area contributed by atoms with Crippen LogP contribution < -0.4 is 0 Å². The molecule has 0 nitrogen and oxygen atoms in total. The molecule has 0 heterocycles. The summed E-state index contributed by atoms with van der Waals surface area (Å²) in [7, 11) is 0. The van der Waals surface area contributed by atoms with E-state index in [1.54, 1.807) is 11.8 Å². The highest BCUT2D eigenvalue weighted by molar-refractivity contribution is 8.00. The van der Waals surface area contributed by atoms with E-state index in [0.29, 0.717) is 17.1 Å². The maximum absolute atomic E-state index is 13.2. The first-order valence-corrected chi connectivity index (χ1v) is 9.34. The first-order valence-electron chi connectivity index (χ1n) is 8.40. The Morgan fingerprint density at radius 2 is 1.38 bits per heavy atom. The molecule has 21 heavy (non-hydrogen) atoms. The number of thioether (sulfide) groups is 1. The van der Waals surface area contributed by atoms with E-state index < -0.39 is 12.1 Å². The summed E-state index contributed by atoms with van der Waals surface area (Å²) >= 11 is 1.67. The molecule has 2 aliphatic rings. The van der Waals surface area contributed by atoms with Gasteiger partial charge in [-0.3, -0.25) is 0 Å². The van der Waals surface area contributed by atoms with Crippen LogP contribution in [0, 0.1) is 17.3 Å². The molecule has 4 heteroatoms. The molecule has 0 aromatic rings. The van der Waals surface area contributed by atoms with Crippen LogP contribution >= 0.6 is 11.8 Å². The lowest BCUT2D eigenvalue weighted by Gasteiger charge is -2.39. The molecule has 0 aromatic heterocycles. The predicted octanol–water partition coefficient (Wildman–Crippen LogP) is 6.45. The molecule has 2 saturated carbocycles. The zero-order valence-electron chi connectivity index (χ0n) is 13.5. The summed E-state index contributed by atoms with van der Waals surface area (Å²) in [5.41, 5.74) is 0.342. The normalized spacial score (nSPS) is 35.7. The predicted molar refractivity (Wildman–Crippen MR) is 84.6 cm³/mol. The van der Waals surface area contributed by atoms with E-state index >= 15 is 0 Å². The van der Waals surface area contributed by atoms with Crippen LogP contribution in [0.2, 0.25) is 0 Å². The van der Waals surface area contributed by atoms with Crippen molar-refractivity contribution < 1.29 is 13.2 Å². The van der Waals surface area contributed by atoms with E-state index in [0.717, 1.165) is 38.0 Å². The molecule has 0 amide bonds. The summed E-state index contributed by atoms with van der Waals surface area (Å²) in [6, 6.07) is 0. The van der Waals surface area contributed by atoms with Crippen molar-refractivity contribution in [2.45, 2.75) is 88.8 Å². The zero-order chi connectivity index (χ0) is 15.7. The number of rotatable bonds is 2. The van der Waals surface area contributed by atoms with Gasteiger partial charge in [0.1, 0.15) is 0 Å². The average Bonchev–Trinajstić information content (AvgIpc) is 2.37. The Hall–Kier alpha value is 0.140. The Bertz CT molecular complexity index is 324. The molecule has 2 rings (SSSR count). The van der Waals surface area contributed by atoms with E-state index in [-0.39, 0.29) is 5.25 Å². The summed E-state index contributed by atoms with van der Waals surface area (Å²) in [4.78, 5) is 0. The maximum atomic E-state index is 13.2. The summed E-state index contributed by atoms with van der Waals surface area (Å²) in [6.07, 6.45) is 3.41. The van der Waals surface area contributed by atoms with Gasteiger partial charge in [0.05, 0.1) is 5.92 Å². The zero-order valence-corrected chi connectivity index (χ0v) is 14.3. The van der Waals surface area contributed by atoms with Crippen LogP contribution in [0.5, 0.6) is 0 Å². The van der Waals surface area contributed by atoms with Crippen molar-refractivity contribution in [3.63, 3.8) is 0 Å². The third-order valence-corrected chi connectivity index (χ3v) is 7.16. The van der Waals surface area contributed by atoms with Gasteiger partial charge in [-0.25, -0.2) is 0 Å². The minimum atomic E-state index is -4.00. The monoisotopic (exact) mass is 322 g/mol. The first kappa shape index (κ1) is 17.5. The SMILES string of the molecule is CC(C)(C)C1CCC(SC2CCCCC2C(F)(F)F)CC1. The summed E-state index contributed by atoms with van der Waals surface area (Å²) in [5, 5.41) is 0.270. The molecule has 0 bridgehead atoms. The lowest BCUT2D eigenvalue weighted by Crippen LogP contribution is -2.36. The van der Waals surface area contributed by atoms with Crippen molar-refractivity contribution in [1.29, 1.82) is 0 Å². The van der Waals surface area contributed by atoms with Crippen LogP contribution in [-0.4, -0.2) is 16.7 Å². The number of hydrogen-bond acceptors (Lipinski definition) is 1. The van der Waals surface area contributed by atoms with Crippen molar-refractivity contribution in [1.82, 2.24) is 0 Å². The van der Waals surface area contributed by atoms with Gasteiger partial charge < -0.3 is 0 Å². The molecule has 2 aliphatic carbocycles. The largest absolute Gasteiger partial charge is 0.392 e. The van der Waals surface area contributed by atoms with Gasteiger partial charge >= 0.3 is 6.18 Å². The molecule has 0 spiro atoms. The van der Waals surface area contributed by atoms with Gasteiger partial charge in [-0.15, -0.1) is 0 Å². The number of alkyl halides is 3. The second-order valence-corrected chi connectivity index (χ2v) is 9.49. The highest BCUT2D eigenvalue weighted by atomic mass is 32.2. The molecule has 2 atom stereocenters. The average molecular weight is 322 g/mol. The summed E-state index contributed by atoms with van der Waals surface area (Å²) in [6.45, 7) is 6.85. The van der Waals surface area contributed by atoms with Crippen LogP contribution in [0.3, 0.4) is 0 Å². The highest BCUT2D eigenvalue weighted by Crippen LogP contribution is 2.48. The molecule has 0 aromatic carbocycles. The van der Waals surface area contributed by atoms with E-state index in [1.165, 1.54) is 12.8 Å². The van der Waals surface area contributed by atoms with Crippen LogP contribution in [0.4, 0.5) is 13.2 Å². The van der Waals surface area contributed by atoms with E-state index in [1.807, 2.05) is 0 Å². The highest BCUT2D eigenvalue weighted by Gasteiger charge is 2.46. The van der Waals surface area contributed by atoms with E-state index in [4.69, 9.17) is 0 Å². The smallest absolute Gasteiger partial charge is 0.171 e. The van der Waals surface area contributed by atoms with Gasteiger partial charge in [0.15, 0.2) is 0 Å². The molecule has 2 unspecified atom stereocenters. The molecule has 0 saturated heterocycles. The van der Waals surface area contributed by atoms with Gasteiger partial charge in [-0.1, -0.05) is 33.6 Å². The molecular formula is C17H29F3S. The number of halogens is 3. The fourth-order valence-electron chi connectivity index (χ4n) is 3.95. The summed E-state index contributed by atoms with van der Waals surface area (Å²) in [5.74, 6) is -0.323. The van der Waals surface area contributed by atoms with Crippen LogP contribution in [0.15, 0.2) is 0 Å².